The molecule has 0 radical (unpaired) electrons. The van der Waals surface area contributed by atoms with E-state index in [2.05, 4.69) is 41.1 Å². The number of likely N-dealkylation sites (tertiary alicyclic amines) is 1. The lowest BCUT2D eigenvalue weighted by Gasteiger charge is -2.29. The maximum atomic E-state index is 14.0. The smallest absolute Gasteiger partial charge is 0.410 e. The van der Waals surface area contributed by atoms with Crippen LogP contribution in [0.3, 0.4) is 0 Å². The molecule has 4 amide bonds. The number of sulfonamides is 1. The number of methoxy groups -OCH3 is 1. The predicted molar refractivity (Wildman–Crippen MR) is 217 cm³/mol. The summed E-state index contributed by atoms with van der Waals surface area (Å²) in [7, 11) is -3.10. The van der Waals surface area contributed by atoms with Gasteiger partial charge in [-0.1, -0.05) is 57.7 Å². The van der Waals surface area contributed by atoms with E-state index in [-0.39, 0.29) is 28.3 Å². The number of benzene rings is 1. The summed E-state index contributed by atoms with van der Waals surface area (Å²) in [4.78, 5) is 67.0. The van der Waals surface area contributed by atoms with Crippen molar-refractivity contribution in [3.63, 3.8) is 0 Å². The molecular weight excluding hydrogens is 767 g/mol. The second-order valence-corrected chi connectivity index (χ2v) is 19.8. The van der Waals surface area contributed by atoms with E-state index in [0.29, 0.717) is 38.0 Å². The molecule has 15 nitrogen and oxygen atoms in total. The average Bonchev–Trinajstić information content (AvgIpc) is 3.74. The van der Waals surface area contributed by atoms with Gasteiger partial charge in [-0.25, -0.2) is 27.5 Å². The molecule has 1 saturated heterocycles. The van der Waals surface area contributed by atoms with Crippen molar-refractivity contribution in [3.8, 4) is 0 Å². The molecule has 58 heavy (non-hydrogen) atoms. The molecule has 4 fully saturated rings. The third-order valence-electron chi connectivity index (χ3n) is 12.2. The Balaban J connectivity index is 1.12. The molecule has 3 aliphatic carbocycles. The molecule has 322 valence electrons. The van der Waals surface area contributed by atoms with E-state index >= 15 is 0 Å². The summed E-state index contributed by atoms with van der Waals surface area (Å²) >= 11 is 0. The molecule has 1 aromatic carbocycles. The van der Waals surface area contributed by atoms with Gasteiger partial charge >= 0.3 is 18.2 Å². The van der Waals surface area contributed by atoms with Crippen LogP contribution in [0.1, 0.15) is 118 Å². The molecule has 3 saturated carbocycles. The Labute approximate surface area is 343 Å². The average molecular weight is 830 g/mol. The van der Waals surface area contributed by atoms with Crippen molar-refractivity contribution >= 4 is 45.7 Å². The Morgan fingerprint density at radius 2 is 1.66 bits per heavy atom. The van der Waals surface area contributed by atoms with Crippen molar-refractivity contribution in [3.05, 3.63) is 36.9 Å². The van der Waals surface area contributed by atoms with Gasteiger partial charge in [0.2, 0.25) is 5.91 Å². The van der Waals surface area contributed by atoms with Crippen LogP contribution in [-0.2, 0) is 38.6 Å². The number of hydrogen-bond donors (Lipinski definition) is 4. The third kappa shape index (κ3) is 10.6. The maximum Gasteiger partial charge on any atom is 0.410 e. The minimum absolute atomic E-state index is 0.0712. The quantitative estimate of drug-likeness (QED) is 0.0591. The fraction of sp³-hybridized carbons (Fsp3) is 0.690. The highest BCUT2D eigenvalue weighted by molar-refractivity contribution is 7.90. The predicted octanol–water partition coefficient (Wildman–Crippen LogP) is 5.94. The summed E-state index contributed by atoms with van der Waals surface area (Å²) in [6.07, 6.45) is 9.66. The highest BCUT2D eigenvalue weighted by Gasteiger charge is 2.68. The third-order valence-corrected chi connectivity index (χ3v) is 13.6. The number of rotatable bonds is 18. The number of unbranched alkanes of at least 4 members (excludes halogenated alkanes) is 4. The first kappa shape index (κ1) is 44.8. The minimum Gasteiger partial charge on any atom is -0.467 e. The van der Waals surface area contributed by atoms with Gasteiger partial charge in [0.15, 0.2) is 0 Å². The minimum atomic E-state index is -4.38. The molecule has 4 N–H and O–H groups in total. The molecule has 4 aliphatic rings. The lowest BCUT2D eigenvalue weighted by atomic mass is 9.93. The van der Waals surface area contributed by atoms with Gasteiger partial charge in [0.1, 0.15) is 34.2 Å². The number of alkyl carbamates (subject to hydrolysis) is 1. The van der Waals surface area contributed by atoms with Crippen LogP contribution in [0.2, 0.25) is 0 Å². The molecule has 1 heterocycles. The number of anilines is 1. The Morgan fingerprint density at radius 1 is 1.00 bits per heavy atom. The molecule has 1 aliphatic heterocycles. The number of para-hydroxylation sites is 1. The number of esters is 1. The van der Waals surface area contributed by atoms with Gasteiger partial charge in [0, 0.05) is 19.0 Å². The van der Waals surface area contributed by atoms with Gasteiger partial charge in [0.05, 0.1) is 12.8 Å². The number of amides is 4. The van der Waals surface area contributed by atoms with E-state index in [1.54, 1.807) is 39.0 Å². The second kappa shape index (κ2) is 17.9. The number of nitrogens with one attached hydrogen (secondary N) is 4. The van der Waals surface area contributed by atoms with Crippen LogP contribution in [0, 0.1) is 16.7 Å². The van der Waals surface area contributed by atoms with E-state index in [9.17, 15) is 32.4 Å². The standard InChI is InChI=1S/C42H63N5O10S/c1-8-28-24-42(28,45-34(48)32-25-41(26-40(41,5)6)27-47(32)38(52)57-39(2,3)4)36(50)46-58(53,54)33-22-16-15-20-30(33)43-23-17-11-9-10-12-21-31(35(49)55-7)44-37(51)56-29-18-13-14-19-29/h8,15-16,20,22,28-29,31-32,43H,1,9-14,17-19,21,23-27H2,2-7H3,(H,44,51)(H,45,48)(H,46,50)/t28?,31-,32-,41-,42?/m0/s1. The van der Waals surface area contributed by atoms with Crippen LogP contribution in [0.4, 0.5) is 15.3 Å². The maximum absolute atomic E-state index is 14.0. The number of nitrogens with zero attached hydrogens (tertiary/aromatic N) is 1. The van der Waals surface area contributed by atoms with Crippen LogP contribution >= 0.6 is 0 Å². The van der Waals surface area contributed by atoms with E-state index in [4.69, 9.17) is 14.2 Å². The highest BCUT2D eigenvalue weighted by Crippen LogP contribution is 2.69. The van der Waals surface area contributed by atoms with Crippen molar-refractivity contribution in [2.45, 2.75) is 152 Å². The van der Waals surface area contributed by atoms with Gasteiger partial charge in [0.25, 0.3) is 15.9 Å². The topological polar surface area (TPSA) is 199 Å². The molecule has 0 bridgehead atoms. The van der Waals surface area contributed by atoms with Crippen molar-refractivity contribution in [2.24, 2.45) is 16.7 Å². The first-order chi connectivity index (χ1) is 27.3. The fourth-order valence-corrected chi connectivity index (χ4v) is 9.78. The van der Waals surface area contributed by atoms with Crippen LogP contribution < -0.4 is 20.7 Å². The van der Waals surface area contributed by atoms with E-state index in [0.717, 1.165) is 57.8 Å². The van der Waals surface area contributed by atoms with E-state index < -0.39 is 69.1 Å². The van der Waals surface area contributed by atoms with Gasteiger partial charge in [-0.05, 0) is 102 Å². The Kier molecular flexibility index (Phi) is 13.8. The van der Waals surface area contributed by atoms with Crippen molar-refractivity contribution in [1.82, 2.24) is 20.3 Å². The normalized spacial score (nSPS) is 25.3. The first-order valence-electron chi connectivity index (χ1n) is 20.7. The number of ether oxygens (including phenoxy) is 3. The second-order valence-electron chi connectivity index (χ2n) is 18.1. The Hall–Kier alpha value is -4.34. The van der Waals surface area contributed by atoms with Crippen LogP contribution in [0.15, 0.2) is 41.8 Å². The zero-order valence-corrected chi connectivity index (χ0v) is 35.8. The molecule has 0 aromatic heterocycles. The molecule has 5 rings (SSSR count). The summed E-state index contributed by atoms with van der Waals surface area (Å²) in [5, 5.41) is 8.67. The van der Waals surface area contributed by atoms with E-state index in [1.807, 2.05) is 0 Å². The summed E-state index contributed by atoms with van der Waals surface area (Å²) in [6, 6.07) is 4.62. The summed E-state index contributed by atoms with van der Waals surface area (Å²) in [5.41, 5.74) is -2.32. The van der Waals surface area contributed by atoms with Crippen molar-refractivity contribution in [2.75, 3.05) is 25.5 Å². The van der Waals surface area contributed by atoms with Crippen LogP contribution in [-0.4, -0.2) is 92.8 Å². The molecule has 2 unspecified atom stereocenters. The largest absolute Gasteiger partial charge is 0.467 e. The Morgan fingerprint density at radius 3 is 2.28 bits per heavy atom. The summed E-state index contributed by atoms with van der Waals surface area (Å²) in [5.74, 6) is -2.44. The van der Waals surface area contributed by atoms with Crippen LogP contribution in [0.5, 0.6) is 0 Å². The zero-order valence-electron chi connectivity index (χ0n) is 34.9. The van der Waals surface area contributed by atoms with Gasteiger partial charge in [-0.3, -0.25) is 14.5 Å². The SMILES string of the molecule is C=CC1CC1(NC(=O)[C@@H]1C[C@@]2(CN1C(=O)OC(C)(C)C)CC2(C)C)C(=O)NS(=O)(=O)c1ccccc1NCCCCCCC[C@H](NC(=O)OC1CCCC1)C(=O)OC. The zero-order chi connectivity index (χ0) is 42.5. The number of hydrogen-bond acceptors (Lipinski definition) is 11. The van der Waals surface area contributed by atoms with Gasteiger partial charge < -0.3 is 30.2 Å². The number of carbonyl (C=O) groups excluding carboxylic acids is 5. The van der Waals surface area contributed by atoms with Gasteiger partial charge in [-0.15, -0.1) is 6.58 Å². The van der Waals surface area contributed by atoms with Gasteiger partial charge in [-0.2, -0.15) is 0 Å². The first-order valence-corrected chi connectivity index (χ1v) is 22.1. The summed E-state index contributed by atoms with van der Waals surface area (Å²) in [6.45, 7) is 14.1. The number of carbonyl (C=O) groups is 5. The monoisotopic (exact) mass is 829 g/mol. The lowest BCUT2D eigenvalue weighted by molar-refractivity contribution is -0.143. The molecular formula is C42H63N5O10S. The molecule has 1 aromatic rings. The van der Waals surface area contributed by atoms with E-state index in [1.165, 1.54) is 24.2 Å². The fourth-order valence-electron chi connectivity index (χ4n) is 8.55. The molecule has 5 atom stereocenters. The molecule has 16 heteroatoms. The highest BCUT2D eigenvalue weighted by atomic mass is 32.2. The van der Waals surface area contributed by atoms with Crippen molar-refractivity contribution < 1.29 is 46.6 Å². The Bertz CT molecular complexity index is 1820. The molecule has 1 spiro atoms. The van der Waals surface area contributed by atoms with Crippen LogP contribution in [0.25, 0.3) is 0 Å². The lowest BCUT2D eigenvalue weighted by Crippen LogP contribution is -2.56. The summed E-state index contributed by atoms with van der Waals surface area (Å²) < 4.78 is 45.7. The van der Waals surface area contributed by atoms with Crippen molar-refractivity contribution in [1.29, 1.82) is 0 Å².